The second kappa shape index (κ2) is 13.2. The first-order chi connectivity index (χ1) is 26.3. The van der Waals surface area contributed by atoms with E-state index in [-0.39, 0.29) is 0 Å². The SMILES string of the molecule is Cc1ccc(/C2=C\C(C)(C)N3c4cccc(c4)N(c4ccccc4)c4cccc(c4)N2c2cccc(c2)N(c2ccccc2)c2cccc3c2)c(C)c1C. The summed E-state index contributed by atoms with van der Waals surface area (Å²) < 4.78 is 0. The second-order valence-electron chi connectivity index (χ2n) is 15.0. The predicted octanol–water partition coefficient (Wildman–Crippen LogP) is 14.0. The standard InChI is InChI=1S/C50H44N4/c1-35-28-29-48(37(3)36(35)2)49-34-50(4,5)54-46-26-14-22-42(32-46)51(38-16-8-6-9-17-38)40-20-12-24-44(30-40)53(49)45-25-13-21-41(31-45)52(39-18-10-7-11-19-39)43-23-15-27-47(54)33-43/h6-34H,1-5H3/b49-34+. The van der Waals surface area contributed by atoms with Crippen LogP contribution in [-0.2, 0) is 0 Å². The van der Waals surface area contributed by atoms with Gasteiger partial charge in [0.05, 0.1) is 11.2 Å². The first kappa shape index (κ1) is 33.3. The summed E-state index contributed by atoms with van der Waals surface area (Å²) in [6.07, 6.45) is 2.48. The lowest BCUT2D eigenvalue weighted by atomic mass is 9.91. The van der Waals surface area contributed by atoms with Crippen molar-refractivity contribution in [2.24, 2.45) is 0 Å². The maximum absolute atomic E-state index is 2.51. The Morgan fingerprint density at radius 3 is 1.17 bits per heavy atom. The first-order valence-electron chi connectivity index (χ1n) is 18.8. The van der Waals surface area contributed by atoms with E-state index in [4.69, 9.17) is 0 Å². The van der Waals surface area contributed by atoms with Crippen molar-refractivity contribution in [2.75, 3.05) is 19.6 Å². The van der Waals surface area contributed by atoms with Gasteiger partial charge in [0.25, 0.3) is 0 Å². The minimum absolute atomic E-state index is 0.515. The van der Waals surface area contributed by atoms with Crippen molar-refractivity contribution in [3.8, 4) is 0 Å². The molecule has 7 aromatic rings. The Labute approximate surface area is 319 Å². The Hall–Kier alpha value is -6.52. The van der Waals surface area contributed by atoms with Crippen LogP contribution in [0.5, 0.6) is 0 Å². The number of fused-ring (bicyclic) bond motifs is 15. The summed E-state index contributed by atoms with van der Waals surface area (Å²) in [5, 5.41) is 0. The van der Waals surface area contributed by atoms with Crippen LogP contribution >= 0.6 is 0 Å². The molecule has 10 bridgehead atoms. The van der Waals surface area contributed by atoms with Gasteiger partial charge in [0.1, 0.15) is 0 Å². The van der Waals surface area contributed by atoms with Gasteiger partial charge >= 0.3 is 0 Å². The molecule has 2 heterocycles. The van der Waals surface area contributed by atoms with Gasteiger partial charge in [0.15, 0.2) is 0 Å². The van der Waals surface area contributed by atoms with E-state index in [0.29, 0.717) is 0 Å². The van der Waals surface area contributed by atoms with Gasteiger partial charge in [0, 0.05) is 62.4 Å². The van der Waals surface area contributed by atoms with Crippen LogP contribution < -0.4 is 19.6 Å². The summed E-state index contributed by atoms with van der Waals surface area (Å²) >= 11 is 0. The molecule has 0 aromatic heterocycles. The van der Waals surface area contributed by atoms with E-state index in [9.17, 15) is 0 Å². The molecule has 264 valence electrons. The Bertz CT molecular complexity index is 2400. The van der Waals surface area contributed by atoms with Crippen molar-refractivity contribution in [3.05, 3.63) is 198 Å². The molecule has 0 N–H and O–H groups in total. The number of anilines is 10. The van der Waals surface area contributed by atoms with Crippen molar-refractivity contribution < 1.29 is 0 Å². The molecule has 0 radical (unpaired) electrons. The van der Waals surface area contributed by atoms with Crippen LogP contribution in [0.3, 0.4) is 0 Å². The average molecular weight is 701 g/mol. The van der Waals surface area contributed by atoms with Gasteiger partial charge in [-0.3, -0.25) is 0 Å². The molecular weight excluding hydrogens is 657 g/mol. The molecule has 2 aliphatic rings. The zero-order valence-corrected chi connectivity index (χ0v) is 31.5. The number of hydrogen-bond donors (Lipinski definition) is 0. The summed E-state index contributed by atoms with van der Waals surface area (Å²) in [5.41, 5.74) is 16.6. The van der Waals surface area contributed by atoms with Crippen molar-refractivity contribution in [1.82, 2.24) is 0 Å². The van der Waals surface area contributed by atoms with E-state index in [2.05, 4.69) is 230 Å². The molecule has 0 aliphatic carbocycles. The van der Waals surface area contributed by atoms with Gasteiger partial charge in [-0.1, -0.05) is 72.8 Å². The molecule has 0 atom stereocenters. The van der Waals surface area contributed by atoms with Crippen LogP contribution in [-0.4, -0.2) is 5.54 Å². The minimum atomic E-state index is -0.515. The smallest absolute Gasteiger partial charge is 0.0600 e. The van der Waals surface area contributed by atoms with Gasteiger partial charge in [-0.25, -0.2) is 0 Å². The predicted molar refractivity (Wildman–Crippen MR) is 229 cm³/mol. The van der Waals surface area contributed by atoms with E-state index in [1.54, 1.807) is 0 Å². The third-order valence-corrected chi connectivity index (χ3v) is 11.1. The lowest BCUT2D eigenvalue weighted by Gasteiger charge is -2.42. The van der Waals surface area contributed by atoms with Crippen molar-refractivity contribution in [2.45, 2.75) is 40.2 Å². The highest BCUT2D eigenvalue weighted by molar-refractivity contribution is 5.94. The van der Waals surface area contributed by atoms with Crippen LogP contribution in [0.2, 0.25) is 0 Å². The van der Waals surface area contributed by atoms with Crippen molar-refractivity contribution >= 4 is 62.6 Å². The molecule has 0 saturated heterocycles. The number of nitrogens with zero attached hydrogens (tertiary/aromatic N) is 4. The molecule has 4 heteroatoms. The summed E-state index contributed by atoms with van der Waals surface area (Å²) in [5.74, 6) is 0. The zero-order valence-electron chi connectivity index (χ0n) is 31.5. The van der Waals surface area contributed by atoms with E-state index >= 15 is 0 Å². The van der Waals surface area contributed by atoms with Crippen LogP contribution in [0.25, 0.3) is 5.70 Å². The highest BCUT2D eigenvalue weighted by atomic mass is 15.2. The lowest BCUT2D eigenvalue weighted by molar-refractivity contribution is 0.628. The van der Waals surface area contributed by atoms with Gasteiger partial charge in [-0.2, -0.15) is 0 Å². The second-order valence-corrected chi connectivity index (χ2v) is 15.0. The molecule has 9 rings (SSSR count). The third-order valence-electron chi connectivity index (χ3n) is 11.1. The van der Waals surface area contributed by atoms with E-state index < -0.39 is 5.54 Å². The van der Waals surface area contributed by atoms with Crippen molar-refractivity contribution in [1.29, 1.82) is 0 Å². The maximum atomic E-state index is 2.51. The molecule has 0 spiro atoms. The molecule has 0 fully saturated rings. The topological polar surface area (TPSA) is 13.0 Å². The molecule has 4 nitrogen and oxygen atoms in total. The van der Waals surface area contributed by atoms with E-state index in [0.717, 1.165) is 62.6 Å². The Morgan fingerprint density at radius 1 is 0.352 bits per heavy atom. The lowest BCUT2D eigenvalue weighted by Crippen LogP contribution is -2.40. The molecule has 54 heavy (non-hydrogen) atoms. The number of benzene rings is 7. The molecule has 0 unspecified atom stereocenters. The number of aryl methyl sites for hydroxylation is 1. The average Bonchev–Trinajstić information content (AvgIpc) is 3.18. The fourth-order valence-corrected chi connectivity index (χ4v) is 8.27. The molecule has 7 aromatic carbocycles. The zero-order chi connectivity index (χ0) is 37.0. The summed E-state index contributed by atoms with van der Waals surface area (Å²) in [7, 11) is 0. The quantitative estimate of drug-likeness (QED) is 0.182. The van der Waals surface area contributed by atoms with Crippen LogP contribution in [0, 0.1) is 20.8 Å². The van der Waals surface area contributed by atoms with Gasteiger partial charge in [-0.15, -0.1) is 0 Å². The number of rotatable bonds is 3. The number of para-hydroxylation sites is 2. The van der Waals surface area contributed by atoms with Gasteiger partial charge in [0.2, 0.25) is 0 Å². The number of hydrogen-bond acceptors (Lipinski definition) is 4. The Morgan fingerprint density at radius 2 is 0.722 bits per heavy atom. The fraction of sp³-hybridized carbons (Fsp3) is 0.120. The first-order valence-corrected chi connectivity index (χ1v) is 18.8. The maximum Gasteiger partial charge on any atom is 0.0600 e. The van der Waals surface area contributed by atoms with Crippen LogP contribution in [0.1, 0.15) is 36.1 Å². The van der Waals surface area contributed by atoms with Crippen LogP contribution in [0.4, 0.5) is 56.9 Å². The van der Waals surface area contributed by atoms with Crippen molar-refractivity contribution in [3.63, 3.8) is 0 Å². The van der Waals surface area contributed by atoms with Gasteiger partial charge in [-0.05, 0) is 154 Å². The molecular formula is C50H44N4. The summed E-state index contributed by atoms with van der Waals surface area (Å²) in [6, 6.07) is 62.0. The highest BCUT2D eigenvalue weighted by Crippen LogP contribution is 2.48. The third kappa shape index (κ3) is 5.71. The Balaban J connectivity index is 1.46. The highest BCUT2D eigenvalue weighted by Gasteiger charge is 2.33. The van der Waals surface area contributed by atoms with E-state index in [1.165, 1.54) is 22.3 Å². The summed E-state index contributed by atoms with van der Waals surface area (Å²) in [6.45, 7) is 11.4. The monoisotopic (exact) mass is 700 g/mol. The van der Waals surface area contributed by atoms with Crippen LogP contribution in [0.15, 0.2) is 176 Å². The van der Waals surface area contributed by atoms with E-state index in [1.807, 2.05) is 0 Å². The fourth-order valence-electron chi connectivity index (χ4n) is 8.27. The minimum Gasteiger partial charge on any atom is -0.332 e. The summed E-state index contributed by atoms with van der Waals surface area (Å²) in [4.78, 5) is 9.73. The molecule has 0 saturated carbocycles. The Kier molecular flexibility index (Phi) is 8.12. The largest absolute Gasteiger partial charge is 0.332 e. The molecule has 0 amide bonds. The normalized spacial score (nSPS) is 15.5. The molecule has 2 aliphatic heterocycles. The van der Waals surface area contributed by atoms with Gasteiger partial charge < -0.3 is 19.6 Å².